The molecule has 1 aromatic heterocycles. The van der Waals surface area contributed by atoms with Crippen molar-refractivity contribution >= 4 is 49.1 Å². The lowest BCUT2D eigenvalue weighted by Crippen LogP contribution is -2.25. The van der Waals surface area contributed by atoms with Gasteiger partial charge in [0.2, 0.25) is 16.0 Å². The summed E-state index contributed by atoms with van der Waals surface area (Å²) in [5.41, 5.74) is 1.38. The summed E-state index contributed by atoms with van der Waals surface area (Å²) in [6.07, 6.45) is 1.60. The number of halogens is 1. The van der Waals surface area contributed by atoms with Gasteiger partial charge in [-0.15, -0.1) is 0 Å². The molecule has 1 heterocycles. The minimum absolute atomic E-state index is 0.0314. The molecule has 0 aliphatic heterocycles. The number of nitrogens with zero attached hydrogens (tertiary/aromatic N) is 3. The lowest BCUT2D eigenvalue weighted by atomic mass is 10.2. The van der Waals surface area contributed by atoms with Gasteiger partial charge in [0.1, 0.15) is 12.9 Å². The van der Waals surface area contributed by atoms with Crippen molar-refractivity contribution in [2.75, 3.05) is 17.7 Å². The Bertz CT molecular complexity index is 902. The molecule has 0 spiro atoms. The van der Waals surface area contributed by atoms with E-state index in [1.807, 2.05) is 13.8 Å². The molecular weight excluding hydrogens is 424 g/mol. The standard InChI is InChI=1S/C15H19BrN6O3S/c1-9(10(2)22-25-3)19-14-13(16)8-18-15(21-14)20-11-4-6-12(7-5-11)26(17,23)24/h4-9H,1-3H3,(H2,17,23,24)(H2,18,19,20,21). The summed E-state index contributed by atoms with van der Waals surface area (Å²) in [6, 6.07) is 5.86. The van der Waals surface area contributed by atoms with Crippen molar-refractivity contribution in [3.63, 3.8) is 0 Å². The van der Waals surface area contributed by atoms with Crippen molar-refractivity contribution in [3.8, 4) is 0 Å². The van der Waals surface area contributed by atoms with Crippen LogP contribution in [0.5, 0.6) is 0 Å². The number of primary sulfonamides is 1. The molecule has 11 heteroatoms. The second kappa shape index (κ2) is 8.43. The van der Waals surface area contributed by atoms with E-state index in [9.17, 15) is 8.42 Å². The van der Waals surface area contributed by atoms with E-state index in [4.69, 9.17) is 9.98 Å². The Balaban J connectivity index is 2.17. The van der Waals surface area contributed by atoms with Crippen molar-refractivity contribution in [3.05, 3.63) is 34.9 Å². The highest BCUT2D eigenvalue weighted by molar-refractivity contribution is 9.10. The first-order valence-electron chi connectivity index (χ1n) is 7.47. The maximum absolute atomic E-state index is 11.3. The van der Waals surface area contributed by atoms with Crippen LogP contribution in [-0.4, -0.2) is 37.2 Å². The molecule has 0 amide bonds. The normalized spacial score (nSPS) is 13.2. The second-order valence-electron chi connectivity index (χ2n) is 5.37. The zero-order chi connectivity index (χ0) is 19.3. The monoisotopic (exact) mass is 442 g/mol. The first-order valence-corrected chi connectivity index (χ1v) is 9.81. The maximum Gasteiger partial charge on any atom is 0.238 e. The van der Waals surface area contributed by atoms with Crippen LogP contribution in [0.15, 0.2) is 45.0 Å². The molecule has 0 aliphatic carbocycles. The van der Waals surface area contributed by atoms with Gasteiger partial charge in [-0.1, -0.05) is 5.16 Å². The number of sulfonamides is 1. The van der Waals surface area contributed by atoms with Gasteiger partial charge in [0.05, 0.1) is 21.1 Å². The molecule has 0 radical (unpaired) electrons. The highest BCUT2D eigenvalue weighted by atomic mass is 79.9. The van der Waals surface area contributed by atoms with Crippen molar-refractivity contribution < 1.29 is 13.3 Å². The predicted octanol–water partition coefficient (Wildman–Crippen LogP) is 2.45. The molecule has 4 N–H and O–H groups in total. The largest absolute Gasteiger partial charge is 0.399 e. The van der Waals surface area contributed by atoms with Crippen LogP contribution in [0, 0.1) is 0 Å². The van der Waals surface area contributed by atoms with Crippen LogP contribution < -0.4 is 15.8 Å². The number of rotatable bonds is 7. The zero-order valence-electron chi connectivity index (χ0n) is 14.4. The average molecular weight is 443 g/mol. The maximum atomic E-state index is 11.3. The highest BCUT2D eigenvalue weighted by Crippen LogP contribution is 2.23. The SMILES string of the molecule is CON=C(C)C(C)Nc1nc(Nc2ccc(S(N)(=O)=O)cc2)ncc1Br. The lowest BCUT2D eigenvalue weighted by molar-refractivity contribution is 0.212. The Hall–Kier alpha value is -2.24. The van der Waals surface area contributed by atoms with Crippen LogP contribution in [-0.2, 0) is 14.9 Å². The molecule has 140 valence electrons. The summed E-state index contributed by atoms with van der Waals surface area (Å²) in [6.45, 7) is 3.76. The number of nitrogens with one attached hydrogen (secondary N) is 2. The summed E-state index contributed by atoms with van der Waals surface area (Å²) >= 11 is 3.40. The molecule has 0 fully saturated rings. The molecule has 0 bridgehead atoms. The number of hydrogen-bond acceptors (Lipinski definition) is 8. The van der Waals surface area contributed by atoms with E-state index in [0.29, 0.717) is 21.9 Å². The van der Waals surface area contributed by atoms with Gasteiger partial charge in [-0.25, -0.2) is 18.5 Å². The highest BCUT2D eigenvalue weighted by Gasteiger charge is 2.12. The summed E-state index contributed by atoms with van der Waals surface area (Å²) in [7, 11) is -2.24. The van der Waals surface area contributed by atoms with Gasteiger partial charge in [-0.2, -0.15) is 4.98 Å². The van der Waals surface area contributed by atoms with Gasteiger partial charge < -0.3 is 15.5 Å². The topological polar surface area (TPSA) is 132 Å². The zero-order valence-corrected chi connectivity index (χ0v) is 16.8. The summed E-state index contributed by atoms with van der Waals surface area (Å²) in [5.74, 6) is 0.911. The predicted molar refractivity (Wildman–Crippen MR) is 104 cm³/mol. The molecule has 1 atom stereocenters. The summed E-state index contributed by atoms with van der Waals surface area (Å²) in [5, 5.41) is 15.2. The van der Waals surface area contributed by atoms with Gasteiger partial charge in [0.15, 0.2) is 0 Å². The summed E-state index contributed by atoms with van der Waals surface area (Å²) in [4.78, 5) is 13.4. The fraction of sp³-hybridized carbons (Fsp3) is 0.267. The Kier molecular flexibility index (Phi) is 6.51. The van der Waals surface area contributed by atoms with Crippen molar-refractivity contribution in [2.45, 2.75) is 24.8 Å². The minimum Gasteiger partial charge on any atom is -0.399 e. The van der Waals surface area contributed by atoms with Gasteiger partial charge in [0.25, 0.3) is 0 Å². The van der Waals surface area contributed by atoms with Crippen LogP contribution in [0.4, 0.5) is 17.5 Å². The molecule has 1 unspecified atom stereocenters. The van der Waals surface area contributed by atoms with Crippen LogP contribution in [0.2, 0.25) is 0 Å². The Morgan fingerprint density at radius 1 is 1.35 bits per heavy atom. The van der Waals surface area contributed by atoms with E-state index >= 15 is 0 Å². The van der Waals surface area contributed by atoms with Crippen molar-refractivity contribution in [1.29, 1.82) is 0 Å². The van der Waals surface area contributed by atoms with E-state index in [1.165, 1.54) is 19.2 Å². The smallest absolute Gasteiger partial charge is 0.238 e. The molecular formula is C15H19BrN6O3S. The molecule has 9 nitrogen and oxygen atoms in total. The Morgan fingerprint density at radius 2 is 2.00 bits per heavy atom. The van der Waals surface area contributed by atoms with E-state index < -0.39 is 10.0 Å². The number of aromatic nitrogens is 2. The molecule has 0 aliphatic rings. The van der Waals surface area contributed by atoms with Gasteiger partial charge in [0, 0.05) is 11.9 Å². The van der Waals surface area contributed by atoms with E-state index in [2.05, 4.69) is 41.7 Å². The number of benzene rings is 1. The third-order valence-electron chi connectivity index (χ3n) is 3.40. The van der Waals surface area contributed by atoms with Crippen molar-refractivity contribution in [1.82, 2.24) is 9.97 Å². The average Bonchev–Trinajstić information content (AvgIpc) is 2.57. The number of hydrogen-bond donors (Lipinski definition) is 3. The fourth-order valence-electron chi connectivity index (χ4n) is 1.92. The Labute approximate surface area is 160 Å². The molecule has 0 saturated heterocycles. The third kappa shape index (κ3) is 5.38. The number of anilines is 3. The first-order chi connectivity index (χ1) is 12.2. The first kappa shape index (κ1) is 20.1. The van der Waals surface area contributed by atoms with E-state index in [1.54, 1.807) is 18.3 Å². The van der Waals surface area contributed by atoms with E-state index in [0.717, 1.165) is 5.71 Å². The van der Waals surface area contributed by atoms with Gasteiger partial charge in [-0.3, -0.25) is 0 Å². The van der Waals surface area contributed by atoms with Gasteiger partial charge >= 0.3 is 0 Å². The quantitative estimate of drug-likeness (QED) is 0.442. The van der Waals surface area contributed by atoms with Crippen molar-refractivity contribution in [2.24, 2.45) is 10.3 Å². The van der Waals surface area contributed by atoms with Gasteiger partial charge in [-0.05, 0) is 54.0 Å². The Morgan fingerprint density at radius 3 is 2.58 bits per heavy atom. The van der Waals surface area contributed by atoms with Crippen LogP contribution in [0.25, 0.3) is 0 Å². The molecule has 26 heavy (non-hydrogen) atoms. The molecule has 1 aromatic carbocycles. The third-order valence-corrected chi connectivity index (χ3v) is 4.91. The summed E-state index contributed by atoms with van der Waals surface area (Å²) < 4.78 is 23.3. The molecule has 2 rings (SSSR count). The number of nitrogens with two attached hydrogens (primary N) is 1. The molecule has 2 aromatic rings. The van der Waals surface area contributed by atoms with Crippen LogP contribution in [0.1, 0.15) is 13.8 Å². The van der Waals surface area contributed by atoms with E-state index in [-0.39, 0.29) is 10.9 Å². The second-order valence-corrected chi connectivity index (χ2v) is 7.78. The van der Waals surface area contributed by atoms with Crippen LogP contribution >= 0.6 is 15.9 Å². The number of oxime groups is 1. The minimum atomic E-state index is -3.73. The lowest BCUT2D eigenvalue weighted by Gasteiger charge is -2.15. The fourth-order valence-corrected chi connectivity index (χ4v) is 2.74. The molecule has 0 saturated carbocycles. The van der Waals surface area contributed by atoms with Crippen LogP contribution in [0.3, 0.4) is 0 Å².